The van der Waals surface area contributed by atoms with Gasteiger partial charge in [-0.2, -0.15) is 5.10 Å². The number of benzene rings is 2. The number of aromatic nitrogens is 2. The van der Waals surface area contributed by atoms with E-state index in [4.69, 9.17) is 0 Å². The summed E-state index contributed by atoms with van der Waals surface area (Å²) in [6.45, 7) is 4.49. The van der Waals surface area contributed by atoms with E-state index in [1.165, 1.54) is 5.56 Å². The van der Waals surface area contributed by atoms with Gasteiger partial charge in [-0.15, -0.1) is 0 Å². The van der Waals surface area contributed by atoms with E-state index in [0.717, 1.165) is 33.4 Å². The predicted molar refractivity (Wildman–Crippen MR) is 95.7 cm³/mol. The summed E-state index contributed by atoms with van der Waals surface area (Å²) >= 11 is 3.46. The van der Waals surface area contributed by atoms with Crippen molar-refractivity contribution >= 4 is 15.9 Å². The van der Waals surface area contributed by atoms with Crippen LogP contribution in [0.1, 0.15) is 19.4 Å². The molecule has 0 atom stereocenters. The first-order valence-corrected chi connectivity index (χ1v) is 8.32. The molecule has 2 aromatic carbocycles. The zero-order valence-electron chi connectivity index (χ0n) is 12.8. The highest BCUT2D eigenvalue weighted by Crippen LogP contribution is 2.26. The fourth-order valence-corrected chi connectivity index (χ4v) is 2.84. The number of hydrogen-bond acceptors (Lipinski definition) is 1. The molecule has 3 aromatic rings. The van der Waals surface area contributed by atoms with Crippen LogP contribution in [0, 0.1) is 5.92 Å². The largest absolute Gasteiger partial charge is 0.277 e. The molecule has 1 N–H and O–H groups in total. The average Bonchev–Trinajstić information content (AvgIpc) is 2.97. The Kier molecular flexibility index (Phi) is 4.44. The van der Waals surface area contributed by atoms with E-state index in [2.05, 4.69) is 82.4 Å². The predicted octanol–water partition coefficient (Wildman–Crippen LogP) is 5.70. The van der Waals surface area contributed by atoms with Crippen LogP contribution in [0.25, 0.3) is 22.5 Å². The zero-order chi connectivity index (χ0) is 15.5. The summed E-state index contributed by atoms with van der Waals surface area (Å²) in [6, 6.07) is 19.0. The molecule has 22 heavy (non-hydrogen) atoms. The lowest BCUT2D eigenvalue weighted by Gasteiger charge is -2.06. The maximum absolute atomic E-state index is 4.47. The van der Waals surface area contributed by atoms with E-state index in [1.54, 1.807) is 0 Å². The van der Waals surface area contributed by atoms with E-state index in [1.807, 2.05) is 12.1 Å². The molecule has 0 unspecified atom stereocenters. The van der Waals surface area contributed by atoms with Crippen LogP contribution in [-0.2, 0) is 6.42 Å². The highest BCUT2D eigenvalue weighted by atomic mass is 79.9. The highest BCUT2D eigenvalue weighted by Gasteiger charge is 2.07. The van der Waals surface area contributed by atoms with Crippen molar-refractivity contribution in [2.45, 2.75) is 20.3 Å². The van der Waals surface area contributed by atoms with Gasteiger partial charge in [-0.25, -0.2) is 0 Å². The van der Waals surface area contributed by atoms with E-state index >= 15 is 0 Å². The standard InChI is InChI=1S/C19H19BrN2/c1-13(2)10-14-4-3-5-16(11-14)19-12-18(21-22-19)15-6-8-17(20)9-7-15/h3-9,11-13H,10H2,1-2H3,(H,21,22). The molecule has 0 bridgehead atoms. The van der Waals surface area contributed by atoms with Crippen LogP contribution >= 0.6 is 15.9 Å². The lowest BCUT2D eigenvalue weighted by atomic mass is 10.00. The number of halogens is 1. The van der Waals surface area contributed by atoms with Crippen molar-refractivity contribution in [3.8, 4) is 22.5 Å². The van der Waals surface area contributed by atoms with Crippen LogP contribution in [0.3, 0.4) is 0 Å². The van der Waals surface area contributed by atoms with Crippen LogP contribution in [0.2, 0.25) is 0 Å². The average molecular weight is 355 g/mol. The molecule has 0 aliphatic carbocycles. The van der Waals surface area contributed by atoms with E-state index < -0.39 is 0 Å². The summed E-state index contributed by atoms with van der Waals surface area (Å²) < 4.78 is 1.08. The summed E-state index contributed by atoms with van der Waals surface area (Å²) in [5.74, 6) is 0.660. The van der Waals surface area contributed by atoms with Gasteiger partial charge in [0.25, 0.3) is 0 Å². The number of H-pyrrole nitrogens is 1. The van der Waals surface area contributed by atoms with Crippen molar-refractivity contribution in [2.24, 2.45) is 5.92 Å². The van der Waals surface area contributed by atoms with Gasteiger partial charge in [-0.1, -0.05) is 60.1 Å². The molecule has 3 heteroatoms. The van der Waals surface area contributed by atoms with Crippen molar-refractivity contribution in [3.63, 3.8) is 0 Å². The maximum Gasteiger partial charge on any atom is 0.0927 e. The van der Waals surface area contributed by atoms with Crippen molar-refractivity contribution in [2.75, 3.05) is 0 Å². The molecule has 1 aromatic heterocycles. The number of rotatable bonds is 4. The third-order valence-corrected chi connectivity index (χ3v) is 4.13. The number of aromatic amines is 1. The minimum absolute atomic E-state index is 0.660. The first-order valence-electron chi connectivity index (χ1n) is 7.52. The van der Waals surface area contributed by atoms with Crippen molar-refractivity contribution in [3.05, 3.63) is 64.6 Å². The molecule has 0 saturated heterocycles. The van der Waals surface area contributed by atoms with Gasteiger partial charge in [0.2, 0.25) is 0 Å². The highest BCUT2D eigenvalue weighted by molar-refractivity contribution is 9.10. The van der Waals surface area contributed by atoms with Gasteiger partial charge >= 0.3 is 0 Å². The minimum atomic E-state index is 0.660. The zero-order valence-corrected chi connectivity index (χ0v) is 14.4. The minimum Gasteiger partial charge on any atom is -0.277 e. The second kappa shape index (κ2) is 6.49. The Labute approximate surface area is 139 Å². The normalized spacial score (nSPS) is 11.1. The van der Waals surface area contributed by atoms with Gasteiger partial charge in [0.15, 0.2) is 0 Å². The summed E-state index contributed by atoms with van der Waals surface area (Å²) in [4.78, 5) is 0. The van der Waals surface area contributed by atoms with Crippen LogP contribution in [0.5, 0.6) is 0 Å². The lowest BCUT2D eigenvalue weighted by Crippen LogP contribution is -1.93. The monoisotopic (exact) mass is 354 g/mol. The summed E-state index contributed by atoms with van der Waals surface area (Å²) in [7, 11) is 0. The van der Waals surface area contributed by atoms with Gasteiger partial charge in [-0.3, -0.25) is 5.10 Å². The molecule has 0 amide bonds. The van der Waals surface area contributed by atoms with Crippen LogP contribution in [0.4, 0.5) is 0 Å². The molecule has 0 saturated carbocycles. The first-order chi connectivity index (χ1) is 10.6. The molecule has 2 nitrogen and oxygen atoms in total. The molecule has 0 fully saturated rings. The van der Waals surface area contributed by atoms with Gasteiger partial charge in [0, 0.05) is 10.0 Å². The Balaban J connectivity index is 1.89. The second-order valence-electron chi connectivity index (χ2n) is 5.97. The Morgan fingerprint density at radius 1 is 1.00 bits per heavy atom. The third-order valence-electron chi connectivity index (χ3n) is 3.60. The quantitative estimate of drug-likeness (QED) is 0.638. The van der Waals surface area contributed by atoms with Crippen LogP contribution in [-0.4, -0.2) is 10.2 Å². The number of nitrogens with zero attached hydrogens (tertiary/aromatic N) is 1. The molecule has 1 heterocycles. The van der Waals surface area contributed by atoms with E-state index in [9.17, 15) is 0 Å². The first kappa shape index (κ1) is 15.0. The fraction of sp³-hybridized carbons (Fsp3) is 0.211. The Morgan fingerprint density at radius 3 is 2.50 bits per heavy atom. The molecular weight excluding hydrogens is 336 g/mol. The SMILES string of the molecule is CC(C)Cc1cccc(-c2cc(-c3ccc(Br)cc3)[nH]n2)c1. The van der Waals surface area contributed by atoms with Gasteiger partial charge in [0.1, 0.15) is 0 Å². The Bertz CT molecular complexity index is 757. The Morgan fingerprint density at radius 2 is 1.77 bits per heavy atom. The third kappa shape index (κ3) is 3.47. The molecule has 3 rings (SSSR count). The van der Waals surface area contributed by atoms with Crippen LogP contribution < -0.4 is 0 Å². The Hall–Kier alpha value is -1.87. The molecule has 0 spiro atoms. The summed E-state index contributed by atoms with van der Waals surface area (Å²) in [5, 5.41) is 7.60. The molecule has 0 aliphatic rings. The van der Waals surface area contributed by atoms with Crippen molar-refractivity contribution in [1.82, 2.24) is 10.2 Å². The molecule has 0 aliphatic heterocycles. The number of nitrogens with one attached hydrogen (secondary N) is 1. The molecular formula is C19H19BrN2. The topological polar surface area (TPSA) is 28.7 Å². The van der Waals surface area contributed by atoms with E-state index in [-0.39, 0.29) is 0 Å². The molecule has 0 radical (unpaired) electrons. The van der Waals surface area contributed by atoms with Gasteiger partial charge < -0.3 is 0 Å². The smallest absolute Gasteiger partial charge is 0.0927 e. The summed E-state index contributed by atoms with van der Waals surface area (Å²) in [5.41, 5.74) is 5.69. The van der Waals surface area contributed by atoms with Gasteiger partial charge in [0.05, 0.1) is 11.4 Å². The van der Waals surface area contributed by atoms with Gasteiger partial charge in [-0.05, 0) is 47.7 Å². The number of hydrogen-bond donors (Lipinski definition) is 1. The van der Waals surface area contributed by atoms with Crippen molar-refractivity contribution < 1.29 is 0 Å². The van der Waals surface area contributed by atoms with E-state index in [0.29, 0.717) is 5.92 Å². The second-order valence-corrected chi connectivity index (χ2v) is 6.89. The van der Waals surface area contributed by atoms with Crippen molar-refractivity contribution in [1.29, 1.82) is 0 Å². The maximum atomic E-state index is 4.47. The lowest BCUT2D eigenvalue weighted by molar-refractivity contribution is 0.647. The fourth-order valence-electron chi connectivity index (χ4n) is 2.58. The summed E-state index contributed by atoms with van der Waals surface area (Å²) in [6.07, 6.45) is 1.10. The van der Waals surface area contributed by atoms with Crippen LogP contribution in [0.15, 0.2) is 59.1 Å². The molecule has 112 valence electrons.